The van der Waals surface area contributed by atoms with E-state index in [0.717, 1.165) is 21.5 Å². The van der Waals surface area contributed by atoms with E-state index in [1.807, 2.05) is 37.3 Å². The summed E-state index contributed by atoms with van der Waals surface area (Å²) in [6, 6.07) is 12.9. The quantitative estimate of drug-likeness (QED) is 0.619. The summed E-state index contributed by atoms with van der Waals surface area (Å²) in [6.45, 7) is 1.88. The molecular weight excluding hydrogens is 324 g/mol. The van der Waals surface area contributed by atoms with Gasteiger partial charge < -0.3 is 5.11 Å². The van der Waals surface area contributed by atoms with E-state index in [9.17, 15) is 9.90 Å². The van der Waals surface area contributed by atoms with E-state index in [1.54, 1.807) is 33.7 Å². The van der Waals surface area contributed by atoms with Crippen molar-refractivity contribution in [1.82, 2.24) is 19.7 Å². The number of aromatic carboxylic acids is 1. The van der Waals surface area contributed by atoms with Gasteiger partial charge >= 0.3 is 5.97 Å². The Morgan fingerprint density at radius 1 is 1.21 bits per heavy atom. The van der Waals surface area contributed by atoms with Gasteiger partial charge in [-0.3, -0.25) is 0 Å². The molecule has 3 aromatic heterocycles. The standard InChI is InChI=1S/C17H12N4O2S/c1-10-3-2-4-16(19-10)21-14(8-13(20-21)17(22)23)11-5-6-12-15(7-11)24-9-18-12/h2-9H,1H3,(H,22,23). The number of rotatable bonds is 3. The van der Waals surface area contributed by atoms with Crippen LogP contribution in [0.25, 0.3) is 27.3 Å². The Kier molecular flexibility index (Phi) is 3.35. The summed E-state index contributed by atoms with van der Waals surface area (Å²) in [7, 11) is 0. The molecule has 0 saturated carbocycles. The van der Waals surface area contributed by atoms with Gasteiger partial charge in [0.1, 0.15) is 0 Å². The van der Waals surface area contributed by atoms with E-state index in [1.165, 1.54) is 0 Å². The average Bonchev–Trinajstić information content (AvgIpc) is 3.21. The fraction of sp³-hybridized carbons (Fsp3) is 0.0588. The van der Waals surface area contributed by atoms with Crippen LogP contribution in [0.15, 0.2) is 48.0 Å². The van der Waals surface area contributed by atoms with Gasteiger partial charge in [-0.25, -0.2) is 19.4 Å². The molecule has 0 atom stereocenters. The third kappa shape index (κ3) is 2.44. The summed E-state index contributed by atoms with van der Waals surface area (Å²) in [6.07, 6.45) is 0. The molecule has 6 nitrogen and oxygen atoms in total. The van der Waals surface area contributed by atoms with Crippen LogP contribution in [0.2, 0.25) is 0 Å². The summed E-state index contributed by atoms with van der Waals surface area (Å²) >= 11 is 1.54. The zero-order valence-electron chi connectivity index (χ0n) is 12.7. The molecule has 0 bridgehead atoms. The zero-order chi connectivity index (χ0) is 16.7. The molecule has 7 heteroatoms. The number of hydrogen-bond donors (Lipinski definition) is 1. The third-order valence-electron chi connectivity index (χ3n) is 3.65. The van der Waals surface area contributed by atoms with Crippen LogP contribution < -0.4 is 0 Å². The number of hydrogen-bond acceptors (Lipinski definition) is 5. The molecule has 1 aromatic carbocycles. The average molecular weight is 336 g/mol. The SMILES string of the molecule is Cc1cccc(-n2nc(C(=O)O)cc2-c2ccc3ncsc3c2)n1. The van der Waals surface area contributed by atoms with Gasteiger partial charge in [0, 0.05) is 11.3 Å². The first-order valence-electron chi connectivity index (χ1n) is 7.23. The van der Waals surface area contributed by atoms with Crippen LogP contribution in [-0.4, -0.2) is 30.8 Å². The highest BCUT2D eigenvalue weighted by Gasteiger charge is 2.17. The molecule has 0 radical (unpaired) electrons. The first-order valence-corrected chi connectivity index (χ1v) is 8.11. The van der Waals surface area contributed by atoms with Crippen LogP contribution in [0, 0.1) is 6.92 Å². The maximum atomic E-state index is 11.4. The summed E-state index contributed by atoms with van der Waals surface area (Å²) in [4.78, 5) is 20.1. The van der Waals surface area contributed by atoms with Crippen LogP contribution in [-0.2, 0) is 0 Å². The largest absolute Gasteiger partial charge is 0.476 e. The van der Waals surface area contributed by atoms with Gasteiger partial charge in [0.25, 0.3) is 0 Å². The van der Waals surface area contributed by atoms with Crippen molar-refractivity contribution in [2.24, 2.45) is 0 Å². The van der Waals surface area contributed by atoms with Crippen molar-refractivity contribution < 1.29 is 9.90 Å². The molecule has 0 saturated heterocycles. The lowest BCUT2D eigenvalue weighted by molar-refractivity contribution is 0.0690. The van der Waals surface area contributed by atoms with E-state index >= 15 is 0 Å². The number of carboxylic acids is 1. The smallest absolute Gasteiger partial charge is 0.356 e. The third-order valence-corrected chi connectivity index (χ3v) is 4.44. The van der Waals surface area contributed by atoms with E-state index in [4.69, 9.17) is 0 Å². The van der Waals surface area contributed by atoms with E-state index in [-0.39, 0.29) is 5.69 Å². The van der Waals surface area contributed by atoms with E-state index in [2.05, 4.69) is 15.1 Å². The molecule has 4 rings (SSSR count). The lowest BCUT2D eigenvalue weighted by Crippen LogP contribution is -2.04. The predicted octanol–water partition coefficient (Wildman–Crippen LogP) is 3.55. The van der Waals surface area contributed by atoms with Crippen molar-refractivity contribution >= 4 is 27.5 Å². The number of aromatic nitrogens is 4. The summed E-state index contributed by atoms with van der Waals surface area (Å²) < 4.78 is 2.60. The molecule has 4 aromatic rings. The lowest BCUT2D eigenvalue weighted by Gasteiger charge is -2.07. The Morgan fingerprint density at radius 2 is 2.08 bits per heavy atom. The van der Waals surface area contributed by atoms with Gasteiger partial charge in [-0.1, -0.05) is 12.1 Å². The number of nitrogens with zero attached hydrogens (tertiary/aromatic N) is 4. The fourth-order valence-electron chi connectivity index (χ4n) is 2.53. The molecule has 0 aliphatic rings. The number of pyridine rings is 1. The first kappa shape index (κ1) is 14.5. The molecule has 0 unspecified atom stereocenters. The minimum Gasteiger partial charge on any atom is -0.476 e. The van der Waals surface area contributed by atoms with Crippen molar-refractivity contribution in [3.05, 3.63) is 59.4 Å². The molecule has 1 N–H and O–H groups in total. The Hall–Kier alpha value is -3.06. The topological polar surface area (TPSA) is 80.9 Å². The highest BCUT2D eigenvalue weighted by atomic mass is 32.1. The second kappa shape index (κ2) is 5.54. The van der Waals surface area contributed by atoms with Crippen LogP contribution in [0.4, 0.5) is 0 Å². The number of carbonyl (C=O) groups is 1. The summed E-state index contributed by atoms with van der Waals surface area (Å²) in [5, 5.41) is 13.5. The zero-order valence-corrected chi connectivity index (χ0v) is 13.5. The number of fused-ring (bicyclic) bond motifs is 1. The molecule has 24 heavy (non-hydrogen) atoms. The maximum absolute atomic E-state index is 11.4. The highest BCUT2D eigenvalue weighted by Crippen LogP contribution is 2.28. The van der Waals surface area contributed by atoms with Gasteiger partial charge in [0.05, 0.1) is 21.4 Å². The number of carboxylic acid groups (broad SMARTS) is 1. The Morgan fingerprint density at radius 3 is 2.88 bits per heavy atom. The Balaban J connectivity index is 1.94. The molecule has 118 valence electrons. The van der Waals surface area contributed by atoms with Gasteiger partial charge in [-0.05, 0) is 37.3 Å². The van der Waals surface area contributed by atoms with E-state index in [0.29, 0.717) is 11.5 Å². The second-order valence-corrected chi connectivity index (χ2v) is 6.19. The summed E-state index contributed by atoms with van der Waals surface area (Å²) in [5.41, 5.74) is 5.08. The van der Waals surface area contributed by atoms with Crippen molar-refractivity contribution in [1.29, 1.82) is 0 Å². The minimum absolute atomic E-state index is 0.0160. The molecule has 0 aliphatic carbocycles. The first-order chi connectivity index (χ1) is 11.6. The van der Waals surface area contributed by atoms with E-state index < -0.39 is 5.97 Å². The molecule has 0 spiro atoms. The van der Waals surface area contributed by atoms with Gasteiger partial charge in [-0.2, -0.15) is 5.10 Å². The second-order valence-electron chi connectivity index (χ2n) is 5.30. The highest BCUT2D eigenvalue weighted by molar-refractivity contribution is 7.16. The maximum Gasteiger partial charge on any atom is 0.356 e. The minimum atomic E-state index is -1.07. The molecule has 0 aliphatic heterocycles. The van der Waals surface area contributed by atoms with Crippen molar-refractivity contribution in [2.45, 2.75) is 6.92 Å². The fourth-order valence-corrected chi connectivity index (χ4v) is 3.24. The Bertz CT molecular complexity index is 1070. The normalized spacial score (nSPS) is 11.0. The van der Waals surface area contributed by atoms with Crippen LogP contribution in [0.3, 0.4) is 0 Å². The lowest BCUT2D eigenvalue weighted by atomic mass is 10.1. The van der Waals surface area contributed by atoms with Gasteiger partial charge in [0.2, 0.25) is 0 Å². The van der Waals surface area contributed by atoms with Crippen LogP contribution in [0.1, 0.15) is 16.2 Å². The number of benzene rings is 1. The molecule has 0 amide bonds. The number of aryl methyl sites for hydroxylation is 1. The van der Waals surface area contributed by atoms with Gasteiger partial charge in [-0.15, -0.1) is 11.3 Å². The molecular formula is C17H12N4O2S. The van der Waals surface area contributed by atoms with Crippen molar-refractivity contribution in [2.75, 3.05) is 0 Å². The van der Waals surface area contributed by atoms with Gasteiger partial charge in [0.15, 0.2) is 11.5 Å². The monoisotopic (exact) mass is 336 g/mol. The molecule has 3 heterocycles. The van der Waals surface area contributed by atoms with Crippen molar-refractivity contribution in [3.8, 4) is 17.1 Å². The van der Waals surface area contributed by atoms with Crippen LogP contribution in [0.5, 0.6) is 0 Å². The molecule has 0 fully saturated rings. The van der Waals surface area contributed by atoms with Crippen molar-refractivity contribution in [3.63, 3.8) is 0 Å². The van der Waals surface area contributed by atoms with Crippen LogP contribution >= 0.6 is 11.3 Å². The Labute approximate surface area is 141 Å². The summed E-state index contributed by atoms with van der Waals surface area (Å²) in [5.74, 6) is -0.483. The number of thiazole rings is 1. The predicted molar refractivity (Wildman–Crippen MR) is 91.7 cm³/mol.